The number of hydrogen-bond acceptors (Lipinski definition) is 4. The van der Waals surface area contributed by atoms with E-state index < -0.39 is 5.97 Å². The van der Waals surface area contributed by atoms with E-state index in [0.717, 1.165) is 30.4 Å². The Morgan fingerprint density at radius 1 is 1.48 bits per heavy atom. The summed E-state index contributed by atoms with van der Waals surface area (Å²) in [6, 6.07) is 7.22. The smallest absolute Gasteiger partial charge is 0.328 e. The van der Waals surface area contributed by atoms with Gasteiger partial charge in [0, 0.05) is 12.6 Å². The largest absolute Gasteiger partial charge is 0.486 e. The molecule has 0 spiro atoms. The first-order valence-electron chi connectivity index (χ1n) is 6.69. The maximum absolute atomic E-state index is 10.5. The zero-order chi connectivity index (χ0) is 15.1. The molecule has 0 atom stereocenters. The highest BCUT2D eigenvalue weighted by Crippen LogP contribution is 2.15. The minimum absolute atomic E-state index is 0.325. The molecule has 0 saturated carbocycles. The lowest BCUT2D eigenvalue weighted by molar-refractivity contribution is -0.131. The molecule has 0 amide bonds. The number of carboxylic acid groups (broad SMARTS) is 1. The Morgan fingerprint density at radius 2 is 2.33 bits per heavy atom. The number of carboxylic acids is 1. The number of aliphatic carboxylic acids is 1. The van der Waals surface area contributed by atoms with Crippen LogP contribution in [-0.4, -0.2) is 25.8 Å². The summed E-state index contributed by atoms with van der Waals surface area (Å²) in [5.74, 6) is 0.450. The van der Waals surface area contributed by atoms with Crippen LogP contribution >= 0.6 is 0 Å². The molecule has 0 bridgehead atoms. The maximum Gasteiger partial charge on any atom is 0.328 e. The first kappa shape index (κ1) is 14.8. The van der Waals surface area contributed by atoms with Crippen LogP contribution in [0.5, 0.6) is 5.75 Å². The topological polar surface area (TPSA) is 77.2 Å². The van der Waals surface area contributed by atoms with Crippen molar-refractivity contribution < 1.29 is 14.6 Å². The number of benzene rings is 1. The minimum atomic E-state index is -0.978. The van der Waals surface area contributed by atoms with Gasteiger partial charge < -0.3 is 9.84 Å². The fourth-order valence-corrected chi connectivity index (χ4v) is 1.82. The van der Waals surface area contributed by atoms with Gasteiger partial charge in [0.25, 0.3) is 0 Å². The van der Waals surface area contributed by atoms with Gasteiger partial charge in [-0.1, -0.05) is 19.1 Å². The van der Waals surface area contributed by atoms with Crippen LogP contribution in [0.2, 0.25) is 0 Å². The lowest BCUT2D eigenvalue weighted by Gasteiger charge is -2.07. The molecule has 2 aromatic rings. The lowest BCUT2D eigenvalue weighted by atomic mass is 10.2. The summed E-state index contributed by atoms with van der Waals surface area (Å²) < 4.78 is 7.49. The van der Waals surface area contributed by atoms with Crippen molar-refractivity contribution in [3.63, 3.8) is 0 Å². The van der Waals surface area contributed by atoms with Crippen molar-refractivity contribution >= 4 is 12.0 Å². The standard InChI is InChI=1S/C15H17N3O3/c1-2-8-18-14(16-11-17-18)10-21-13-5-3-4-12(9-13)6-7-15(19)20/h3-7,9,11H,2,8,10H2,1H3,(H,19,20). The fraction of sp³-hybridized carbons (Fsp3) is 0.267. The molecule has 0 fully saturated rings. The molecule has 0 aliphatic carbocycles. The van der Waals surface area contributed by atoms with E-state index in [-0.39, 0.29) is 0 Å². The molecule has 0 saturated heterocycles. The zero-order valence-electron chi connectivity index (χ0n) is 11.8. The summed E-state index contributed by atoms with van der Waals surface area (Å²) in [6.07, 6.45) is 5.11. The van der Waals surface area contributed by atoms with Gasteiger partial charge in [0.2, 0.25) is 0 Å². The van der Waals surface area contributed by atoms with Crippen LogP contribution in [0.25, 0.3) is 6.08 Å². The molecular weight excluding hydrogens is 270 g/mol. The van der Waals surface area contributed by atoms with E-state index >= 15 is 0 Å². The third kappa shape index (κ3) is 4.45. The second kappa shape index (κ2) is 7.23. The van der Waals surface area contributed by atoms with Crippen LogP contribution < -0.4 is 4.74 Å². The van der Waals surface area contributed by atoms with Crippen molar-refractivity contribution in [3.8, 4) is 5.75 Å². The van der Waals surface area contributed by atoms with E-state index in [2.05, 4.69) is 17.0 Å². The molecule has 6 nitrogen and oxygen atoms in total. The normalized spacial score (nSPS) is 10.9. The van der Waals surface area contributed by atoms with Crippen molar-refractivity contribution in [1.82, 2.24) is 14.8 Å². The van der Waals surface area contributed by atoms with Gasteiger partial charge in [-0.15, -0.1) is 0 Å². The predicted octanol–water partition coefficient (Wildman–Crippen LogP) is 2.36. The molecule has 1 aromatic heterocycles. The molecule has 0 unspecified atom stereocenters. The van der Waals surface area contributed by atoms with Crippen LogP contribution in [0.4, 0.5) is 0 Å². The monoisotopic (exact) mass is 287 g/mol. The number of nitrogens with zero attached hydrogens (tertiary/aromatic N) is 3. The predicted molar refractivity (Wildman–Crippen MR) is 77.8 cm³/mol. The molecule has 1 aromatic carbocycles. The van der Waals surface area contributed by atoms with Crippen LogP contribution in [0.15, 0.2) is 36.7 Å². The van der Waals surface area contributed by atoms with Crippen LogP contribution in [-0.2, 0) is 17.9 Å². The second-order valence-electron chi connectivity index (χ2n) is 4.43. The highest BCUT2D eigenvalue weighted by atomic mass is 16.5. The minimum Gasteiger partial charge on any atom is -0.486 e. The molecule has 110 valence electrons. The second-order valence-corrected chi connectivity index (χ2v) is 4.43. The van der Waals surface area contributed by atoms with Gasteiger partial charge in [-0.2, -0.15) is 5.10 Å². The number of ether oxygens (including phenoxy) is 1. The summed E-state index contributed by atoms with van der Waals surface area (Å²) in [4.78, 5) is 14.7. The maximum atomic E-state index is 10.5. The third-order valence-corrected chi connectivity index (χ3v) is 2.78. The van der Waals surface area contributed by atoms with E-state index in [1.807, 2.05) is 22.9 Å². The third-order valence-electron chi connectivity index (χ3n) is 2.78. The zero-order valence-corrected chi connectivity index (χ0v) is 11.8. The van der Waals surface area contributed by atoms with Gasteiger partial charge in [0.05, 0.1) is 0 Å². The van der Waals surface area contributed by atoms with Gasteiger partial charge in [0.1, 0.15) is 18.7 Å². The van der Waals surface area contributed by atoms with E-state index in [9.17, 15) is 4.79 Å². The quantitative estimate of drug-likeness (QED) is 0.791. The molecule has 0 radical (unpaired) electrons. The molecule has 2 rings (SSSR count). The Bertz CT molecular complexity index is 635. The average molecular weight is 287 g/mol. The SMILES string of the molecule is CCCn1ncnc1COc1cccc(C=CC(=O)O)c1. The Hall–Kier alpha value is -2.63. The van der Waals surface area contributed by atoms with Crippen LogP contribution in [0.1, 0.15) is 24.7 Å². The fourth-order valence-electron chi connectivity index (χ4n) is 1.82. The summed E-state index contributed by atoms with van der Waals surface area (Å²) in [7, 11) is 0. The number of hydrogen-bond donors (Lipinski definition) is 1. The molecule has 6 heteroatoms. The van der Waals surface area contributed by atoms with Crippen molar-refractivity contribution in [2.45, 2.75) is 26.5 Å². The number of aromatic nitrogens is 3. The van der Waals surface area contributed by atoms with Gasteiger partial charge in [-0.3, -0.25) is 0 Å². The van der Waals surface area contributed by atoms with E-state index in [0.29, 0.717) is 12.4 Å². The van der Waals surface area contributed by atoms with E-state index in [1.165, 1.54) is 12.4 Å². The van der Waals surface area contributed by atoms with Crippen LogP contribution in [0.3, 0.4) is 0 Å². The number of carbonyl (C=O) groups is 1. The molecule has 0 aliphatic rings. The summed E-state index contributed by atoms with van der Waals surface area (Å²) >= 11 is 0. The Labute approximate surface area is 122 Å². The van der Waals surface area contributed by atoms with Crippen molar-refractivity contribution in [3.05, 3.63) is 48.1 Å². The summed E-state index contributed by atoms with van der Waals surface area (Å²) in [5, 5.41) is 12.8. The highest BCUT2D eigenvalue weighted by molar-refractivity contribution is 5.85. The molecule has 1 N–H and O–H groups in total. The molecule has 0 aliphatic heterocycles. The summed E-state index contributed by atoms with van der Waals surface area (Å²) in [6.45, 7) is 3.21. The van der Waals surface area contributed by atoms with Crippen molar-refractivity contribution in [1.29, 1.82) is 0 Å². The molecule has 1 heterocycles. The Kier molecular flexibility index (Phi) is 5.09. The van der Waals surface area contributed by atoms with Crippen LogP contribution in [0, 0.1) is 0 Å². The lowest BCUT2D eigenvalue weighted by Crippen LogP contribution is -2.08. The van der Waals surface area contributed by atoms with E-state index in [4.69, 9.17) is 9.84 Å². The van der Waals surface area contributed by atoms with Crippen molar-refractivity contribution in [2.75, 3.05) is 0 Å². The highest BCUT2D eigenvalue weighted by Gasteiger charge is 2.04. The Balaban J connectivity index is 2.01. The first-order valence-corrected chi connectivity index (χ1v) is 6.69. The molecular formula is C15H17N3O3. The van der Waals surface area contributed by atoms with E-state index in [1.54, 1.807) is 6.07 Å². The summed E-state index contributed by atoms with van der Waals surface area (Å²) in [5.41, 5.74) is 0.768. The van der Waals surface area contributed by atoms with Crippen molar-refractivity contribution in [2.24, 2.45) is 0 Å². The van der Waals surface area contributed by atoms with Gasteiger partial charge >= 0.3 is 5.97 Å². The average Bonchev–Trinajstić information content (AvgIpc) is 2.91. The number of aryl methyl sites for hydroxylation is 1. The van der Waals surface area contributed by atoms with Gasteiger partial charge in [0.15, 0.2) is 5.82 Å². The number of rotatable bonds is 7. The van der Waals surface area contributed by atoms with Gasteiger partial charge in [-0.05, 0) is 30.2 Å². The molecule has 21 heavy (non-hydrogen) atoms. The Morgan fingerprint density at radius 3 is 3.10 bits per heavy atom. The first-order chi connectivity index (χ1) is 10.2. The van der Waals surface area contributed by atoms with Gasteiger partial charge in [-0.25, -0.2) is 14.5 Å².